The Kier molecular flexibility index (Phi) is 2.97. The molecular formula is C11H13N3S. The number of benzene rings is 1. The van der Waals surface area contributed by atoms with Crippen LogP contribution in [-0.4, -0.2) is 15.4 Å². The van der Waals surface area contributed by atoms with Crippen molar-refractivity contribution in [2.75, 3.05) is 5.32 Å². The van der Waals surface area contributed by atoms with Crippen molar-refractivity contribution in [3.63, 3.8) is 0 Å². The quantitative estimate of drug-likeness (QED) is 0.862. The van der Waals surface area contributed by atoms with Crippen LogP contribution >= 0.6 is 11.5 Å². The van der Waals surface area contributed by atoms with Crippen LogP contribution in [0.2, 0.25) is 0 Å². The molecule has 0 saturated carbocycles. The highest BCUT2D eigenvalue weighted by atomic mass is 32.1. The number of nitrogens with one attached hydrogen (secondary N) is 1. The summed E-state index contributed by atoms with van der Waals surface area (Å²) in [4.78, 5) is 4.42. The molecule has 0 atom stereocenters. The lowest BCUT2D eigenvalue weighted by molar-refractivity contribution is 0.896. The van der Waals surface area contributed by atoms with E-state index in [0.29, 0.717) is 6.04 Å². The maximum absolute atomic E-state index is 4.42. The normalized spacial score (nSPS) is 10.6. The molecule has 0 aliphatic rings. The first-order valence-corrected chi connectivity index (χ1v) is 5.68. The number of hydrogen-bond acceptors (Lipinski definition) is 4. The highest BCUT2D eigenvalue weighted by molar-refractivity contribution is 7.09. The number of hydrogen-bond donors (Lipinski definition) is 1. The zero-order valence-corrected chi connectivity index (χ0v) is 9.58. The van der Waals surface area contributed by atoms with Crippen LogP contribution in [-0.2, 0) is 0 Å². The summed E-state index contributed by atoms with van der Waals surface area (Å²) in [7, 11) is 0. The smallest absolute Gasteiger partial charge is 0.203 e. The summed E-state index contributed by atoms with van der Waals surface area (Å²) in [5.41, 5.74) is 1.06. The van der Waals surface area contributed by atoms with Gasteiger partial charge < -0.3 is 5.32 Å². The van der Waals surface area contributed by atoms with Gasteiger partial charge in [-0.2, -0.15) is 9.36 Å². The molecule has 78 valence electrons. The van der Waals surface area contributed by atoms with E-state index < -0.39 is 0 Å². The second-order valence-corrected chi connectivity index (χ2v) is 4.34. The maximum atomic E-state index is 4.42. The van der Waals surface area contributed by atoms with Crippen molar-refractivity contribution in [2.24, 2.45) is 0 Å². The molecule has 0 saturated heterocycles. The Morgan fingerprint density at radius 2 is 1.93 bits per heavy atom. The molecule has 0 aliphatic carbocycles. The maximum Gasteiger partial charge on any atom is 0.203 e. The van der Waals surface area contributed by atoms with Crippen LogP contribution in [0.15, 0.2) is 30.3 Å². The summed E-state index contributed by atoms with van der Waals surface area (Å²) >= 11 is 1.40. The first-order chi connectivity index (χ1) is 7.25. The molecular weight excluding hydrogens is 206 g/mol. The average molecular weight is 219 g/mol. The molecule has 0 radical (unpaired) electrons. The molecule has 15 heavy (non-hydrogen) atoms. The van der Waals surface area contributed by atoms with Gasteiger partial charge in [0.2, 0.25) is 5.13 Å². The fraction of sp³-hybridized carbons (Fsp3) is 0.273. The average Bonchev–Trinajstić information content (AvgIpc) is 2.67. The Hall–Kier alpha value is -1.42. The van der Waals surface area contributed by atoms with Gasteiger partial charge in [-0.15, -0.1) is 0 Å². The molecule has 1 N–H and O–H groups in total. The van der Waals surface area contributed by atoms with Crippen LogP contribution in [0.4, 0.5) is 5.13 Å². The highest BCUT2D eigenvalue weighted by Crippen LogP contribution is 2.20. The zero-order chi connectivity index (χ0) is 10.7. The van der Waals surface area contributed by atoms with Crippen LogP contribution < -0.4 is 5.32 Å². The number of nitrogens with zero attached hydrogens (tertiary/aromatic N) is 2. The minimum atomic E-state index is 0.390. The van der Waals surface area contributed by atoms with Crippen molar-refractivity contribution >= 4 is 16.7 Å². The van der Waals surface area contributed by atoms with E-state index in [9.17, 15) is 0 Å². The molecule has 2 rings (SSSR count). The Balaban J connectivity index is 2.21. The third-order valence-electron chi connectivity index (χ3n) is 1.87. The summed E-state index contributed by atoms with van der Waals surface area (Å²) in [6.07, 6.45) is 0. The second kappa shape index (κ2) is 4.40. The highest BCUT2D eigenvalue weighted by Gasteiger charge is 2.05. The fourth-order valence-electron chi connectivity index (χ4n) is 1.23. The minimum absolute atomic E-state index is 0.390. The van der Waals surface area contributed by atoms with Crippen molar-refractivity contribution in [3.05, 3.63) is 30.3 Å². The molecule has 3 nitrogen and oxygen atoms in total. The lowest BCUT2D eigenvalue weighted by Crippen LogP contribution is -2.08. The Morgan fingerprint density at radius 1 is 1.20 bits per heavy atom. The summed E-state index contributed by atoms with van der Waals surface area (Å²) in [5, 5.41) is 4.12. The molecule has 0 fully saturated rings. The van der Waals surface area contributed by atoms with Gasteiger partial charge in [0.1, 0.15) is 0 Å². The standard InChI is InChI=1S/C11H13N3S/c1-8(2)12-11-13-10(14-15-11)9-6-4-3-5-7-9/h3-8H,1-2H3,(H,12,13,14). The van der Waals surface area contributed by atoms with E-state index >= 15 is 0 Å². The molecule has 1 aromatic carbocycles. The van der Waals surface area contributed by atoms with Crippen LogP contribution in [0.3, 0.4) is 0 Å². The van der Waals surface area contributed by atoms with Crippen molar-refractivity contribution in [1.29, 1.82) is 0 Å². The summed E-state index contributed by atoms with van der Waals surface area (Å²) < 4.78 is 4.31. The van der Waals surface area contributed by atoms with Crippen LogP contribution in [0.25, 0.3) is 11.4 Å². The molecule has 0 amide bonds. The molecule has 1 heterocycles. The molecule has 4 heteroatoms. The van der Waals surface area contributed by atoms with Crippen molar-refractivity contribution in [1.82, 2.24) is 9.36 Å². The molecule has 0 aliphatic heterocycles. The lowest BCUT2D eigenvalue weighted by Gasteiger charge is -2.03. The molecule has 1 aromatic heterocycles. The topological polar surface area (TPSA) is 37.8 Å². The zero-order valence-electron chi connectivity index (χ0n) is 8.77. The first kappa shape index (κ1) is 10.1. The first-order valence-electron chi connectivity index (χ1n) is 4.91. The van der Waals surface area contributed by atoms with Crippen LogP contribution in [0.5, 0.6) is 0 Å². The van der Waals surface area contributed by atoms with Crippen molar-refractivity contribution in [2.45, 2.75) is 19.9 Å². The monoisotopic (exact) mass is 219 g/mol. The van der Waals surface area contributed by atoms with E-state index in [4.69, 9.17) is 0 Å². The minimum Gasteiger partial charge on any atom is -0.358 e. The predicted octanol–water partition coefficient (Wildman–Crippen LogP) is 3.03. The summed E-state index contributed by atoms with van der Waals surface area (Å²) in [6, 6.07) is 10.4. The van der Waals surface area contributed by atoms with Crippen molar-refractivity contribution in [3.8, 4) is 11.4 Å². The van der Waals surface area contributed by atoms with E-state index in [1.807, 2.05) is 30.3 Å². The third kappa shape index (κ3) is 2.53. The van der Waals surface area contributed by atoms with Crippen LogP contribution in [0.1, 0.15) is 13.8 Å². The molecule has 2 aromatic rings. The Bertz CT molecular complexity index is 422. The van der Waals surface area contributed by atoms with Gasteiger partial charge in [-0.05, 0) is 13.8 Å². The van der Waals surface area contributed by atoms with Gasteiger partial charge in [-0.25, -0.2) is 0 Å². The van der Waals surface area contributed by atoms with Crippen LogP contribution in [0, 0.1) is 0 Å². The van der Waals surface area contributed by atoms with Gasteiger partial charge in [0.25, 0.3) is 0 Å². The van der Waals surface area contributed by atoms with E-state index in [0.717, 1.165) is 16.5 Å². The van der Waals surface area contributed by atoms with Crippen molar-refractivity contribution < 1.29 is 0 Å². The predicted molar refractivity (Wildman–Crippen MR) is 64.1 cm³/mol. The second-order valence-electron chi connectivity index (χ2n) is 3.59. The number of rotatable bonds is 3. The van der Waals surface area contributed by atoms with E-state index in [2.05, 4.69) is 28.5 Å². The van der Waals surface area contributed by atoms with Gasteiger partial charge in [0, 0.05) is 23.1 Å². The molecule has 0 bridgehead atoms. The van der Waals surface area contributed by atoms with E-state index in [1.165, 1.54) is 11.5 Å². The van der Waals surface area contributed by atoms with Gasteiger partial charge in [0.05, 0.1) is 0 Å². The lowest BCUT2D eigenvalue weighted by atomic mass is 10.2. The number of aromatic nitrogens is 2. The van der Waals surface area contributed by atoms with Gasteiger partial charge in [-0.1, -0.05) is 30.3 Å². The van der Waals surface area contributed by atoms with E-state index in [1.54, 1.807) is 0 Å². The molecule has 0 spiro atoms. The Morgan fingerprint density at radius 3 is 2.60 bits per heavy atom. The SMILES string of the molecule is CC(C)Nc1nc(-c2ccccc2)ns1. The summed E-state index contributed by atoms with van der Waals surface area (Å²) in [5.74, 6) is 0.795. The van der Waals surface area contributed by atoms with Gasteiger partial charge in [0.15, 0.2) is 5.82 Å². The summed E-state index contributed by atoms with van der Waals surface area (Å²) in [6.45, 7) is 4.17. The van der Waals surface area contributed by atoms with Gasteiger partial charge >= 0.3 is 0 Å². The Labute approximate surface area is 93.4 Å². The number of anilines is 1. The largest absolute Gasteiger partial charge is 0.358 e. The molecule has 0 unspecified atom stereocenters. The third-order valence-corrected chi connectivity index (χ3v) is 2.52. The fourth-order valence-corrected chi connectivity index (χ4v) is 1.97. The van der Waals surface area contributed by atoms with Gasteiger partial charge in [-0.3, -0.25) is 0 Å². The van der Waals surface area contributed by atoms with E-state index in [-0.39, 0.29) is 0 Å².